The lowest BCUT2D eigenvalue weighted by Gasteiger charge is -2.05. The van der Waals surface area contributed by atoms with Gasteiger partial charge in [-0.25, -0.2) is 0 Å². The molecule has 0 bridgehead atoms. The van der Waals surface area contributed by atoms with Crippen molar-refractivity contribution in [1.82, 2.24) is 10.3 Å². The number of hydrogen-bond donors (Lipinski definition) is 3. The van der Waals surface area contributed by atoms with Crippen molar-refractivity contribution in [1.29, 1.82) is 0 Å². The van der Waals surface area contributed by atoms with E-state index >= 15 is 0 Å². The van der Waals surface area contributed by atoms with E-state index in [0.29, 0.717) is 12.5 Å². The summed E-state index contributed by atoms with van der Waals surface area (Å²) in [6.07, 6.45) is 3.89. The minimum Gasteiger partial charge on any atom is -0.382 e. The van der Waals surface area contributed by atoms with Crippen molar-refractivity contribution in [2.24, 2.45) is 10.7 Å². The van der Waals surface area contributed by atoms with Gasteiger partial charge in [0.2, 0.25) is 0 Å². The monoisotopic (exact) mass is 430 g/mol. The number of halogens is 1. The van der Waals surface area contributed by atoms with Crippen molar-refractivity contribution in [3.05, 3.63) is 35.5 Å². The molecule has 0 unspecified atom stereocenters. The molecule has 0 aliphatic carbocycles. The molecule has 1 heterocycles. The van der Waals surface area contributed by atoms with E-state index in [0.717, 1.165) is 32.6 Å². The van der Waals surface area contributed by atoms with Crippen LogP contribution in [0.15, 0.2) is 29.4 Å². The Morgan fingerprint density at radius 3 is 3.00 bits per heavy atom. The molecule has 0 fully saturated rings. The van der Waals surface area contributed by atoms with Crippen LogP contribution in [0, 0.1) is 6.92 Å². The van der Waals surface area contributed by atoms with Gasteiger partial charge in [0.15, 0.2) is 5.96 Å². The Morgan fingerprint density at radius 1 is 1.39 bits per heavy atom. The first-order valence-electron chi connectivity index (χ1n) is 7.89. The maximum Gasteiger partial charge on any atom is 0.188 e. The van der Waals surface area contributed by atoms with E-state index in [-0.39, 0.29) is 24.0 Å². The molecule has 2 rings (SSSR count). The first-order chi connectivity index (χ1) is 10.7. The van der Waals surface area contributed by atoms with E-state index in [4.69, 9.17) is 10.5 Å². The molecule has 0 aliphatic heterocycles. The van der Waals surface area contributed by atoms with Crippen molar-refractivity contribution >= 4 is 40.8 Å². The highest BCUT2D eigenvalue weighted by Crippen LogP contribution is 2.21. The van der Waals surface area contributed by atoms with Gasteiger partial charge < -0.3 is 20.8 Å². The fourth-order valence-electron chi connectivity index (χ4n) is 2.46. The first kappa shape index (κ1) is 19.8. The minimum absolute atomic E-state index is 0. The molecule has 23 heavy (non-hydrogen) atoms. The third-order valence-corrected chi connectivity index (χ3v) is 3.64. The summed E-state index contributed by atoms with van der Waals surface area (Å²) in [5.74, 6) is 0.507. The van der Waals surface area contributed by atoms with Gasteiger partial charge in [0.25, 0.3) is 0 Å². The Morgan fingerprint density at radius 2 is 2.22 bits per heavy atom. The van der Waals surface area contributed by atoms with Crippen molar-refractivity contribution in [2.75, 3.05) is 26.3 Å². The van der Waals surface area contributed by atoms with Crippen LogP contribution in [-0.2, 0) is 11.2 Å². The van der Waals surface area contributed by atoms with Gasteiger partial charge in [0.05, 0.1) is 0 Å². The number of rotatable bonds is 8. The number of aromatic nitrogens is 1. The molecule has 5 nitrogen and oxygen atoms in total. The standard InChI is InChI=1S/C17H26N4O.HI/c1-3-22-11-5-9-19-17(18)20-10-8-14-12-21-16-13(2)6-4-7-15(14)16;/h4,6-7,12,21H,3,5,8-11H2,1-2H3,(H3,18,19,20);1H. The van der Waals surface area contributed by atoms with Crippen LogP contribution in [0.2, 0.25) is 0 Å². The van der Waals surface area contributed by atoms with E-state index in [1.54, 1.807) is 0 Å². The molecule has 0 saturated carbocycles. The Balaban J connectivity index is 0.00000264. The number of aromatic amines is 1. The van der Waals surface area contributed by atoms with Crippen molar-refractivity contribution in [2.45, 2.75) is 26.7 Å². The van der Waals surface area contributed by atoms with E-state index in [2.05, 4.69) is 46.6 Å². The third-order valence-electron chi connectivity index (χ3n) is 3.64. The predicted molar refractivity (Wildman–Crippen MR) is 108 cm³/mol. The molecule has 0 saturated heterocycles. The summed E-state index contributed by atoms with van der Waals surface area (Å²) in [7, 11) is 0. The summed E-state index contributed by atoms with van der Waals surface area (Å²) < 4.78 is 5.26. The van der Waals surface area contributed by atoms with Crippen LogP contribution < -0.4 is 11.1 Å². The summed E-state index contributed by atoms with van der Waals surface area (Å²) in [5, 5.41) is 4.45. The zero-order chi connectivity index (χ0) is 15.8. The van der Waals surface area contributed by atoms with Crippen LogP contribution >= 0.6 is 24.0 Å². The topological polar surface area (TPSA) is 75.4 Å². The molecule has 0 radical (unpaired) electrons. The largest absolute Gasteiger partial charge is 0.382 e. The number of nitrogens with two attached hydrogens (primary N) is 1. The maximum atomic E-state index is 5.85. The van der Waals surface area contributed by atoms with Gasteiger partial charge in [-0.3, -0.25) is 4.99 Å². The van der Waals surface area contributed by atoms with E-state index in [1.807, 2.05) is 6.92 Å². The van der Waals surface area contributed by atoms with Gasteiger partial charge >= 0.3 is 0 Å². The molecule has 0 atom stereocenters. The predicted octanol–water partition coefficient (Wildman–Crippen LogP) is 2.97. The van der Waals surface area contributed by atoms with Gasteiger partial charge in [0, 0.05) is 43.4 Å². The SMILES string of the molecule is CCOCCCN=C(N)NCCc1c[nH]c2c(C)cccc12.I. The highest BCUT2D eigenvalue weighted by atomic mass is 127. The quantitative estimate of drug-likeness (QED) is 0.261. The molecular formula is C17H27IN4O. The molecule has 4 N–H and O–H groups in total. The molecule has 1 aromatic heterocycles. The van der Waals surface area contributed by atoms with Crippen molar-refractivity contribution in [3.63, 3.8) is 0 Å². The fraction of sp³-hybridized carbons (Fsp3) is 0.471. The number of H-pyrrole nitrogens is 1. The number of fused-ring (bicyclic) bond motifs is 1. The fourth-order valence-corrected chi connectivity index (χ4v) is 2.46. The highest BCUT2D eigenvalue weighted by Gasteiger charge is 2.04. The summed E-state index contributed by atoms with van der Waals surface area (Å²) in [5.41, 5.74) is 9.64. The van der Waals surface area contributed by atoms with E-state index in [1.165, 1.54) is 22.0 Å². The van der Waals surface area contributed by atoms with Gasteiger partial charge in [-0.15, -0.1) is 24.0 Å². The number of ether oxygens (including phenoxy) is 1. The number of para-hydroxylation sites is 1. The number of nitrogens with one attached hydrogen (secondary N) is 2. The zero-order valence-electron chi connectivity index (χ0n) is 13.9. The second-order valence-electron chi connectivity index (χ2n) is 5.31. The van der Waals surface area contributed by atoms with Crippen LogP contribution in [0.5, 0.6) is 0 Å². The third kappa shape index (κ3) is 6.02. The molecule has 1 aromatic carbocycles. The molecule has 0 amide bonds. The molecule has 2 aromatic rings. The number of nitrogens with zero attached hydrogens (tertiary/aromatic N) is 1. The zero-order valence-corrected chi connectivity index (χ0v) is 16.2. The van der Waals surface area contributed by atoms with Crippen LogP contribution in [0.25, 0.3) is 10.9 Å². The van der Waals surface area contributed by atoms with Crippen LogP contribution in [0.1, 0.15) is 24.5 Å². The van der Waals surface area contributed by atoms with Gasteiger partial charge in [-0.1, -0.05) is 18.2 Å². The smallest absolute Gasteiger partial charge is 0.188 e. The number of aliphatic imine (C=N–C) groups is 1. The Kier molecular flexibility index (Phi) is 9.01. The number of guanidine groups is 1. The summed E-state index contributed by atoms with van der Waals surface area (Å²) >= 11 is 0. The average molecular weight is 430 g/mol. The van der Waals surface area contributed by atoms with Crippen LogP contribution in [-0.4, -0.2) is 37.2 Å². The van der Waals surface area contributed by atoms with E-state index < -0.39 is 0 Å². The molecule has 6 heteroatoms. The number of benzene rings is 1. The first-order valence-corrected chi connectivity index (χ1v) is 7.89. The average Bonchev–Trinajstić information content (AvgIpc) is 2.92. The summed E-state index contributed by atoms with van der Waals surface area (Å²) in [6, 6.07) is 6.36. The Hall–Kier alpha value is -1.28. The van der Waals surface area contributed by atoms with Crippen LogP contribution in [0.3, 0.4) is 0 Å². The molecule has 0 spiro atoms. The van der Waals surface area contributed by atoms with Gasteiger partial charge in [0.1, 0.15) is 0 Å². The summed E-state index contributed by atoms with van der Waals surface area (Å²) in [6.45, 7) is 7.08. The summed E-state index contributed by atoms with van der Waals surface area (Å²) in [4.78, 5) is 7.63. The maximum absolute atomic E-state index is 5.85. The van der Waals surface area contributed by atoms with Gasteiger partial charge in [-0.05, 0) is 37.8 Å². The van der Waals surface area contributed by atoms with Gasteiger partial charge in [-0.2, -0.15) is 0 Å². The highest BCUT2D eigenvalue weighted by molar-refractivity contribution is 14.0. The van der Waals surface area contributed by atoms with Crippen molar-refractivity contribution in [3.8, 4) is 0 Å². The lowest BCUT2D eigenvalue weighted by molar-refractivity contribution is 0.146. The normalized spacial score (nSPS) is 11.5. The number of aryl methyl sites for hydroxylation is 1. The minimum atomic E-state index is 0. The Bertz CT molecular complexity index is 624. The molecular weight excluding hydrogens is 403 g/mol. The lowest BCUT2D eigenvalue weighted by atomic mass is 10.1. The second kappa shape index (κ2) is 10.5. The second-order valence-corrected chi connectivity index (χ2v) is 5.31. The molecule has 128 valence electrons. The molecule has 0 aliphatic rings. The Labute approximate surface area is 155 Å². The van der Waals surface area contributed by atoms with Crippen LogP contribution in [0.4, 0.5) is 0 Å². The lowest BCUT2D eigenvalue weighted by Crippen LogP contribution is -2.33. The number of hydrogen-bond acceptors (Lipinski definition) is 2. The van der Waals surface area contributed by atoms with Crippen molar-refractivity contribution < 1.29 is 4.74 Å². The van der Waals surface area contributed by atoms with E-state index in [9.17, 15) is 0 Å².